The molecule has 114 valence electrons. The van der Waals surface area contributed by atoms with Crippen LogP contribution in [0, 0.1) is 0 Å². The van der Waals surface area contributed by atoms with Crippen molar-refractivity contribution in [2.45, 2.75) is 24.8 Å². The highest BCUT2D eigenvalue weighted by molar-refractivity contribution is 7.90. The van der Waals surface area contributed by atoms with E-state index in [1.165, 1.54) is 7.11 Å². The van der Waals surface area contributed by atoms with E-state index in [9.17, 15) is 8.42 Å². The minimum absolute atomic E-state index is 0.0605. The molecular weight excluding hydrogens is 288 g/mol. The van der Waals surface area contributed by atoms with Gasteiger partial charge in [-0.2, -0.15) is 0 Å². The lowest BCUT2D eigenvalue weighted by atomic mass is 10.2. The number of methoxy groups -OCH3 is 1. The zero-order valence-corrected chi connectivity index (χ0v) is 13.0. The lowest BCUT2D eigenvalue weighted by molar-refractivity contribution is 0.101. The van der Waals surface area contributed by atoms with Crippen molar-refractivity contribution >= 4 is 20.7 Å². The molecule has 2 rings (SSSR count). The van der Waals surface area contributed by atoms with Crippen molar-refractivity contribution in [2.24, 2.45) is 5.73 Å². The molecule has 5 nitrogen and oxygen atoms in total. The smallest absolute Gasteiger partial charge is 0.156 e. The predicted molar refractivity (Wildman–Crippen MR) is 83.7 cm³/mol. The molecule has 1 aromatic carbocycles. The molecule has 0 spiro atoms. The highest BCUT2D eigenvalue weighted by atomic mass is 32.2. The fraction of sp³-hybridized carbons (Fsp3) is 0.400. The SMILES string of the molecule is COC(C)C(N)CS(=O)(=O)Cc1cnc2ccccc2c1. The first kappa shape index (κ1) is 15.9. The number of ether oxygens (including phenoxy) is 1. The molecule has 1 heterocycles. The lowest BCUT2D eigenvalue weighted by Gasteiger charge is -2.18. The lowest BCUT2D eigenvalue weighted by Crippen LogP contribution is -2.40. The van der Waals surface area contributed by atoms with Crippen molar-refractivity contribution in [3.63, 3.8) is 0 Å². The van der Waals surface area contributed by atoms with E-state index in [0.29, 0.717) is 5.56 Å². The Balaban J connectivity index is 2.14. The van der Waals surface area contributed by atoms with Gasteiger partial charge in [-0.15, -0.1) is 0 Å². The van der Waals surface area contributed by atoms with Gasteiger partial charge in [-0.3, -0.25) is 4.98 Å². The van der Waals surface area contributed by atoms with Gasteiger partial charge in [-0.05, 0) is 24.6 Å². The van der Waals surface area contributed by atoms with Gasteiger partial charge in [0.2, 0.25) is 0 Å². The quantitative estimate of drug-likeness (QED) is 0.874. The van der Waals surface area contributed by atoms with Gasteiger partial charge in [0.05, 0.1) is 23.1 Å². The van der Waals surface area contributed by atoms with E-state index in [4.69, 9.17) is 10.5 Å². The molecule has 2 N–H and O–H groups in total. The summed E-state index contributed by atoms with van der Waals surface area (Å²) in [6, 6.07) is 8.93. The van der Waals surface area contributed by atoms with Gasteiger partial charge in [0.25, 0.3) is 0 Å². The Hall–Kier alpha value is -1.50. The van der Waals surface area contributed by atoms with Gasteiger partial charge in [0.15, 0.2) is 9.84 Å². The average molecular weight is 308 g/mol. The molecular formula is C15H20N2O3S. The van der Waals surface area contributed by atoms with Crippen molar-refractivity contribution in [1.29, 1.82) is 0 Å². The molecule has 0 radical (unpaired) electrons. The third-order valence-electron chi connectivity index (χ3n) is 3.45. The monoisotopic (exact) mass is 308 g/mol. The standard InChI is InChI=1S/C15H20N2O3S/c1-11(20-2)14(16)10-21(18,19)9-12-7-13-5-3-4-6-15(13)17-8-12/h3-8,11,14H,9-10,16H2,1-2H3. The van der Waals surface area contributed by atoms with E-state index < -0.39 is 15.9 Å². The van der Waals surface area contributed by atoms with Crippen LogP contribution >= 0.6 is 0 Å². The summed E-state index contributed by atoms with van der Waals surface area (Å²) in [7, 11) is -1.78. The van der Waals surface area contributed by atoms with Crippen LogP contribution in [-0.4, -0.2) is 38.4 Å². The summed E-state index contributed by atoms with van der Waals surface area (Å²) >= 11 is 0. The van der Waals surface area contributed by atoms with E-state index in [1.54, 1.807) is 13.1 Å². The van der Waals surface area contributed by atoms with Crippen LogP contribution in [0.25, 0.3) is 10.9 Å². The van der Waals surface area contributed by atoms with E-state index in [2.05, 4.69) is 4.98 Å². The molecule has 2 unspecified atom stereocenters. The van der Waals surface area contributed by atoms with Gasteiger partial charge in [0, 0.05) is 24.7 Å². The van der Waals surface area contributed by atoms with Crippen LogP contribution in [0.3, 0.4) is 0 Å². The zero-order chi connectivity index (χ0) is 15.5. The number of nitrogens with two attached hydrogens (primary N) is 1. The summed E-state index contributed by atoms with van der Waals surface area (Å²) in [5, 5.41) is 0.930. The maximum absolute atomic E-state index is 12.2. The molecule has 0 saturated carbocycles. The van der Waals surface area contributed by atoms with Crippen LogP contribution < -0.4 is 5.73 Å². The van der Waals surface area contributed by atoms with Crippen LogP contribution in [0.15, 0.2) is 36.5 Å². The Bertz CT molecular complexity index is 716. The summed E-state index contributed by atoms with van der Waals surface area (Å²) in [6.45, 7) is 1.76. The minimum atomic E-state index is -3.30. The fourth-order valence-electron chi connectivity index (χ4n) is 2.11. The van der Waals surface area contributed by atoms with E-state index in [0.717, 1.165) is 10.9 Å². The van der Waals surface area contributed by atoms with Crippen LogP contribution in [0.4, 0.5) is 0 Å². The third kappa shape index (κ3) is 4.23. The van der Waals surface area contributed by atoms with E-state index >= 15 is 0 Å². The number of benzene rings is 1. The van der Waals surface area contributed by atoms with Crippen molar-refractivity contribution in [2.75, 3.05) is 12.9 Å². The summed E-state index contributed by atoms with van der Waals surface area (Å²) < 4.78 is 29.5. The van der Waals surface area contributed by atoms with Gasteiger partial charge in [-0.1, -0.05) is 18.2 Å². The Kier molecular flexibility index (Phi) is 4.92. The second-order valence-electron chi connectivity index (χ2n) is 5.20. The highest BCUT2D eigenvalue weighted by Crippen LogP contribution is 2.15. The Morgan fingerprint density at radius 2 is 2.05 bits per heavy atom. The van der Waals surface area contributed by atoms with Crippen molar-refractivity contribution < 1.29 is 13.2 Å². The van der Waals surface area contributed by atoms with Gasteiger partial charge in [-0.25, -0.2) is 8.42 Å². The molecule has 0 bridgehead atoms. The summed E-state index contributed by atoms with van der Waals surface area (Å²) in [5.41, 5.74) is 7.36. The van der Waals surface area contributed by atoms with Crippen molar-refractivity contribution in [3.05, 3.63) is 42.1 Å². The normalized spacial score (nSPS) is 15.0. The van der Waals surface area contributed by atoms with Gasteiger partial charge in [0.1, 0.15) is 0 Å². The van der Waals surface area contributed by atoms with E-state index in [1.807, 2.05) is 30.3 Å². The van der Waals surface area contributed by atoms with Gasteiger partial charge >= 0.3 is 0 Å². The molecule has 0 fully saturated rings. The number of rotatable bonds is 6. The number of aromatic nitrogens is 1. The number of para-hydroxylation sites is 1. The first-order valence-electron chi connectivity index (χ1n) is 6.74. The second kappa shape index (κ2) is 6.51. The summed E-state index contributed by atoms with van der Waals surface area (Å²) in [4.78, 5) is 4.28. The molecule has 2 atom stereocenters. The Morgan fingerprint density at radius 3 is 2.76 bits per heavy atom. The number of nitrogens with zero attached hydrogens (tertiary/aromatic N) is 1. The highest BCUT2D eigenvalue weighted by Gasteiger charge is 2.21. The molecule has 0 saturated heterocycles. The third-order valence-corrected chi connectivity index (χ3v) is 5.12. The van der Waals surface area contributed by atoms with E-state index in [-0.39, 0.29) is 17.6 Å². The van der Waals surface area contributed by atoms with Crippen LogP contribution in [0.5, 0.6) is 0 Å². The number of fused-ring (bicyclic) bond motifs is 1. The minimum Gasteiger partial charge on any atom is -0.380 e. The van der Waals surface area contributed by atoms with Crippen molar-refractivity contribution in [3.8, 4) is 0 Å². The first-order chi connectivity index (χ1) is 9.91. The molecule has 0 aliphatic rings. The molecule has 6 heteroatoms. The molecule has 2 aromatic rings. The zero-order valence-electron chi connectivity index (χ0n) is 12.2. The van der Waals surface area contributed by atoms with Crippen molar-refractivity contribution in [1.82, 2.24) is 4.98 Å². The average Bonchev–Trinajstić information content (AvgIpc) is 2.45. The first-order valence-corrected chi connectivity index (χ1v) is 8.56. The number of hydrogen-bond donors (Lipinski definition) is 1. The Morgan fingerprint density at radius 1 is 1.33 bits per heavy atom. The molecule has 0 aliphatic carbocycles. The predicted octanol–water partition coefficient (Wildman–Crippen LogP) is 1.51. The fourth-order valence-corrected chi connectivity index (χ4v) is 3.75. The Labute approximate surface area is 125 Å². The molecule has 21 heavy (non-hydrogen) atoms. The van der Waals surface area contributed by atoms with Crippen LogP contribution in [-0.2, 0) is 20.3 Å². The number of pyridine rings is 1. The summed E-state index contributed by atoms with van der Waals surface area (Å²) in [5.74, 6) is -0.163. The number of hydrogen-bond acceptors (Lipinski definition) is 5. The molecule has 0 amide bonds. The number of sulfone groups is 1. The molecule has 1 aromatic heterocycles. The van der Waals surface area contributed by atoms with Crippen LogP contribution in [0.2, 0.25) is 0 Å². The van der Waals surface area contributed by atoms with Crippen LogP contribution in [0.1, 0.15) is 12.5 Å². The summed E-state index contributed by atoms with van der Waals surface area (Å²) in [6.07, 6.45) is 1.31. The largest absolute Gasteiger partial charge is 0.380 e. The topological polar surface area (TPSA) is 82.3 Å². The van der Waals surface area contributed by atoms with Gasteiger partial charge < -0.3 is 10.5 Å². The second-order valence-corrected chi connectivity index (χ2v) is 7.30. The maximum atomic E-state index is 12.2. The molecule has 0 aliphatic heterocycles. The maximum Gasteiger partial charge on any atom is 0.156 e.